The molecule has 0 spiro atoms. The molecule has 1 N–H and O–H groups in total. The van der Waals surface area contributed by atoms with Crippen molar-refractivity contribution in [1.82, 2.24) is 9.80 Å². The summed E-state index contributed by atoms with van der Waals surface area (Å²) in [6, 6.07) is 15.1. The summed E-state index contributed by atoms with van der Waals surface area (Å²) in [6.07, 6.45) is 3.89. The molecule has 5 nitrogen and oxygen atoms in total. The smallest absolute Gasteiger partial charge is 0.246 e. The molecule has 6 heteroatoms. The topological polar surface area (TPSA) is 52.7 Å². The maximum Gasteiger partial charge on any atom is 0.246 e. The molecule has 2 aliphatic rings. The van der Waals surface area contributed by atoms with Gasteiger partial charge in [0.15, 0.2) is 0 Å². The van der Waals surface area contributed by atoms with Gasteiger partial charge in [0.1, 0.15) is 6.04 Å². The van der Waals surface area contributed by atoms with Crippen LogP contribution in [0.5, 0.6) is 0 Å². The van der Waals surface area contributed by atoms with Crippen LogP contribution in [0.15, 0.2) is 48.5 Å². The third kappa shape index (κ3) is 5.77. The van der Waals surface area contributed by atoms with E-state index in [4.69, 9.17) is 11.6 Å². The lowest BCUT2D eigenvalue weighted by atomic mass is 9.91. The molecule has 0 aromatic heterocycles. The van der Waals surface area contributed by atoms with Crippen LogP contribution in [0.2, 0.25) is 5.02 Å². The average molecular weight is 468 g/mol. The molecule has 2 amide bonds. The van der Waals surface area contributed by atoms with Crippen molar-refractivity contribution in [1.29, 1.82) is 0 Å². The van der Waals surface area contributed by atoms with E-state index in [-0.39, 0.29) is 11.8 Å². The highest BCUT2D eigenvalue weighted by molar-refractivity contribution is 6.31. The quantitative estimate of drug-likeness (QED) is 0.649. The first-order valence-corrected chi connectivity index (χ1v) is 12.4. The van der Waals surface area contributed by atoms with Crippen LogP contribution in [-0.4, -0.2) is 47.8 Å². The molecular weight excluding hydrogens is 434 g/mol. The van der Waals surface area contributed by atoms with Crippen LogP contribution in [-0.2, 0) is 9.59 Å². The van der Waals surface area contributed by atoms with Crippen molar-refractivity contribution in [2.75, 3.05) is 31.5 Å². The lowest BCUT2D eigenvalue weighted by molar-refractivity contribution is -0.139. The van der Waals surface area contributed by atoms with Crippen molar-refractivity contribution in [3.8, 4) is 0 Å². The molecule has 2 unspecified atom stereocenters. The molecule has 2 saturated heterocycles. The van der Waals surface area contributed by atoms with Crippen LogP contribution in [0, 0.1) is 18.8 Å². The van der Waals surface area contributed by atoms with E-state index in [2.05, 4.69) is 22.0 Å². The lowest BCUT2D eigenvalue weighted by Crippen LogP contribution is -2.47. The number of carbonyl (C=O) groups excluding carboxylic acids is 2. The first kappa shape index (κ1) is 23.8. The summed E-state index contributed by atoms with van der Waals surface area (Å²) in [6.45, 7) is 7.39. The molecule has 2 fully saturated rings. The molecule has 0 radical (unpaired) electrons. The fraction of sp³-hybridized carbons (Fsp3) is 0.481. The maximum atomic E-state index is 13.4. The highest BCUT2D eigenvalue weighted by atomic mass is 35.5. The fourth-order valence-corrected chi connectivity index (χ4v) is 5.28. The predicted molar refractivity (Wildman–Crippen MR) is 133 cm³/mol. The van der Waals surface area contributed by atoms with E-state index in [9.17, 15) is 9.59 Å². The molecule has 4 rings (SSSR count). The zero-order valence-electron chi connectivity index (χ0n) is 19.6. The minimum Gasteiger partial charge on any atom is -0.342 e. The fourth-order valence-electron chi connectivity index (χ4n) is 5.10. The summed E-state index contributed by atoms with van der Waals surface area (Å²) >= 11 is 6.26. The molecule has 33 heavy (non-hydrogen) atoms. The number of piperidine rings is 2. The average Bonchev–Trinajstić information content (AvgIpc) is 2.82. The van der Waals surface area contributed by atoms with Crippen LogP contribution in [0.1, 0.15) is 49.8 Å². The van der Waals surface area contributed by atoms with E-state index in [1.54, 1.807) is 6.07 Å². The Bertz CT molecular complexity index is 973. The van der Waals surface area contributed by atoms with E-state index in [0.717, 1.165) is 56.6 Å². The molecular formula is C27H34ClN3O2. The SMILES string of the molecule is Cc1ccc(NC(=O)C(c2ccccc2)N2CCC(C(=O)N3CCCC(C)C3)CC2)cc1Cl. The largest absolute Gasteiger partial charge is 0.342 e. The van der Waals surface area contributed by atoms with Gasteiger partial charge in [-0.05, 0) is 74.9 Å². The Morgan fingerprint density at radius 2 is 1.76 bits per heavy atom. The summed E-state index contributed by atoms with van der Waals surface area (Å²) in [4.78, 5) is 30.8. The third-order valence-corrected chi connectivity index (χ3v) is 7.42. The van der Waals surface area contributed by atoms with Gasteiger partial charge in [-0.3, -0.25) is 14.5 Å². The Morgan fingerprint density at radius 1 is 1.03 bits per heavy atom. The van der Waals surface area contributed by atoms with Crippen molar-refractivity contribution >= 4 is 29.1 Å². The molecule has 2 heterocycles. The Kier molecular flexibility index (Phi) is 7.71. The molecule has 0 aliphatic carbocycles. The standard InChI is InChI=1S/C27H34ClN3O2/c1-19-7-6-14-31(18-19)27(33)22-12-15-30(16-13-22)25(21-8-4-3-5-9-21)26(32)29-23-11-10-20(2)24(28)17-23/h3-5,8-11,17,19,22,25H,6-7,12-16,18H2,1-2H3,(H,29,32). The van der Waals surface area contributed by atoms with Crippen LogP contribution >= 0.6 is 11.6 Å². The number of hydrogen-bond acceptors (Lipinski definition) is 3. The highest BCUT2D eigenvalue weighted by Crippen LogP contribution is 2.30. The van der Waals surface area contributed by atoms with Gasteiger partial charge < -0.3 is 10.2 Å². The molecule has 0 bridgehead atoms. The molecule has 176 valence electrons. The summed E-state index contributed by atoms with van der Waals surface area (Å²) in [5, 5.41) is 3.69. The van der Waals surface area contributed by atoms with Crippen molar-refractivity contribution in [3.05, 3.63) is 64.7 Å². The minimum atomic E-state index is -0.405. The van der Waals surface area contributed by atoms with Crippen molar-refractivity contribution in [2.24, 2.45) is 11.8 Å². The molecule has 2 aromatic carbocycles. The van der Waals surface area contributed by atoms with Crippen molar-refractivity contribution < 1.29 is 9.59 Å². The zero-order valence-corrected chi connectivity index (χ0v) is 20.4. The zero-order chi connectivity index (χ0) is 23.4. The minimum absolute atomic E-state index is 0.0574. The highest BCUT2D eigenvalue weighted by Gasteiger charge is 2.35. The van der Waals surface area contributed by atoms with E-state index in [1.165, 1.54) is 6.42 Å². The van der Waals surface area contributed by atoms with Gasteiger partial charge in [0.25, 0.3) is 0 Å². The summed E-state index contributed by atoms with van der Waals surface area (Å²) in [5.74, 6) is 0.873. The number of benzene rings is 2. The lowest BCUT2D eigenvalue weighted by Gasteiger charge is -2.39. The number of amides is 2. The van der Waals surface area contributed by atoms with Gasteiger partial charge in [0.2, 0.25) is 11.8 Å². The number of anilines is 1. The second-order valence-corrected chi connectivity index (χ2v) is 10.0. The number of likely N-dealkylation sites (tertiary alicyclic amines) is 2. The van der Waals surface area contributed by atoms with Gasteiger partial charge in [0.05, 0.1) is 0 Å². The normalized spacial score (nSPS) is 20.9. The summed E-state index contributed by atoms with van der Waals surface area (Å²) < 4.78 is 0. The Hall–Kier alpha value is -2.37. The molecule has 2 aliphatic heterocycles. The van der Waals surface area contributed by atoms with Gasteiger partial charge >= 0.3 is 0 Å². The molecule has 0 saturated carbocycles. The van der Waals surface area contributed by atoms with Crippen LogP contribution in [0.25, 0.3) is 0 Å². The monoisotopic (exact) mass is 467 g/mol. The Morgan fingerprint density at radius 3 is 2.42 bits per heavy atom. The second kappa shape index (κ2) is 10.7. The maximum absolute atomic E-state index is 13.4. The first-order chi connectivity index (χ1) is 15.9. The van der Waals surface area contributed by atoms with Gasteiger partial charge in [-0.15, -0.1) is 0 Å². The van der Waals surface area contributed by atoms with Gasteiger partial charge in [-0.2, -0.15) is 0 Å². The van der Waals surface area contributed by atoms with Gasteiger partial charge in [-0.1, -0.05) is 54.9 Å². The second-order valence-electron chi connectivity index (χ2n) is 9.61. The van der Waals surface area contributed by atoms with E-state index < -0.39 is 6.04 Å². The van der Waals surface area contributed by atoms with Gasteiger partial charge in [-0.25, -0.2) is 0 Å². The number of nitrogens with one attached hydrogen (secondary N) is 1. The third-order valence-electron chi connectivity index (χ3n) is 7.02. The van der Waals surface area contributed by atoms with Crippen LogP contribution in [0.3, 0.4) is 0 Å². The number of rotatable bonds is 5. The van der Waals surface area contributed by atoms with Crippen LogP contribution < -0.4 is 5.32 Å². The number of aryl methyl sites for hydroxylation is 1. The Balaban J connectivity index is 1.45. The number of hydrogen-bond donors (Lipinski definition) is 1. The molecule has 2 aromatic rings. The van der Waals surface area contributed by atoms with E-state index >= 15 is 0 Å². The van der Waals surface area contributed by atoms with Crippen molar-refractivity contribution in [2.45, 2.75) is 45.6 Å². The van der Waals surface area contributed by atoms with Gasteiger partial charge in [0, 0.05) is 29.7 Å². The Labute approximate surface area is 202 Å². The summed E-state index contributed by atoms with van der Waals surface area (Å²) in [7, 11) is 0. The predicted octanol–water partition coefficient (Wildman–Crippen LogP) is 5.30. The number of nitrogens with zero attached hydrogens (tertiary/aromatic N) is 2. The van der Waals surface area contributed by atoms with Crippen molar-refractivity contribution in [3.63, 3.8) is 0 Å². The first-order valence-electron chi connectivity index (χ1n) is 12.1. The van der Waals surface area contributed by atoms with E-state index in [1.807, 2.05) is 49.4 Å². The van der Waals surface area contributed by atoms with Crippen LogP contribution in [0.4, 0.5) is 5.69 Å². The summed E-state index contributed by atoms with van der Waals surface area (Å²) in [5.41, 5.74) is 2.63. The number of carbonyl (C=O) groups is 2. The molecule has 2 atom stereocenters. The van der Waals surface area contributed by atoms with E-state index in [0.29, 0.717) is 22.5 Å². The number of halogens is 1.